The number of hydrogen-bond donors (Lipinski definition) is 2. The number of fused-ring (bicyclic) bond motifs is 9. The predicted molar refractivity (Wildman–Crippen MR) is 140 cm³/mol. The van der Waals surface area contributed by atoms with Gasteiger partial charge in [-0.1, -0.05) is 41.7 Å². The van der Waals surface area contributed by atoms with Crippen molar-refractivity contribution in [3.63, 3.8) is 0 Å². The number of carbonyl (C=O) groups excluding carboxylic acids is 2. The van der Waals surface area contributed by atoms with Gasteiger partial charge in [0, 0.05) is 22.6 Å². The molecule has 3 fully saturated rings. The molecule has 38 heavy (non-hydrogen) atoms. The summed E-state index contributed by atoms with van der Waals surface area (Å²) < 4.78 is 6.11. The van der Waals surface area contributed by atoms with Crippen LogP contribution in [0.25, 0.3) is 0 Å². The average molecular weight is 549 g/mol. The lowest BCUT2D eigenvalue weighted by atomic mass is 9.68. The number of aliphatic carboxylic acids is 1. The van der Waals surface area contributed by atoms with Crippen LogP contribution in [0.3, 0.4) is 0 Å². The van der Waals surface area contributed by atoms with E-state index in [-0.39, 0.29) is 58.6 Å². The molecule has 2 aromatic carbocycles. The van der Waals surface area contributed by atoms with E-state index in [4.69, 9.17) is 9.84 Å². The van der Waals surface area contributed by atoms with Crippen LogP contribution in [0.5, 0.6) is 11.5 Å². The van der Waals surface area contributed by atoms with Gasteiger partial charge in [-0.25, -0.2) is 0 Å². The molecule has 10 heteroatoms. The van der Waals surface area contributed by atoms with Gasteiger partial charge in [0.2, 0.25) is 11.8 Å². The number of amides is 2. The van der Waals surface area contributed by atoms with Crippen LogP contribution >= 0.6 is 23.1 Å². The molecule has 2 aliphatic heterocycles. The summed E-state index contributed by atoms with van der Waals surface area (Å²) in [5, 5.41) is 10.1. The van der Waals surface area contributed by atoms with Crippen LogP contribution in [-0.2, 0) is 14.4 Å². The normalized spacial score (nSPS) is 30.7. The number of thiazole rings is 1. The Kier molecular flexibility index (Phi) is 5.52. The highest BCUT2D eigenvalue weighted by Crippen LogP contribution is 2.68. The van der Waals surface area contributed by atoms with Crippen LogP contribution in [-0.4, -0.2) is 44.6 Å². The van der Waals surface area contributed by atoms with Gasteiger partial charge in [0.25, 0.3) is 0 Å². The van der Waals surface area contributed by atoms with E-state index < -0.39 is 17.8 Å². The second kappa shape index (κ2) is 8.84. The number of benzene rings is 2. The van der Waals surface area contributed by atoms with Gasteiger partial charge in [0.15, 0.2) is 0 Å². The number of para-hydroxylation sites is 1. The van der Waals surface area contributed by atoms with E-state index in [1.807, 2.05) is 54.6 Å². The maximum Gasteiger partial charge on any atom is 0.305 e. The molecule has 4 aliphatic rings. The molecule has 7 rings (SSSR count). The highest BCUT2D eigenvalue weighted by molar-refractivity contribution is 8.00. The number of rotatable bonds is 6. The van der Waals surface area contributed by atoms with Crippen molar-refractivity contribution in [3.8, 4) is 11.5 Å². The van der Waals surface area contributed by atoms with Crippen LogP contribution in [0.15, 0.2) is 64.4 Å². The molecule has 0 spiro atoms. The van der Waals surface area contributed by atoms with E-state index >= 15 is 0 Å². The van der Waals surface area contributed by atoms with E-state index in [2.05, 4.69) is 4.98 Å². The summed E-state index contributed by atoms with van der Waals surface area (Å²) >= 11 is 2.85. The molecule has 1 saturated heterocycles. The van der Waals surface area contributed by atoms with Gasteiger partial charge in [0.1, 0.15) is 11.5 Å². The number of carbonyl (C=O) groups is 3. The maximum absolute atomic E-state index is 13.5. The fraction of sp³-hybridized carbons (Fsp3) is 0.357. The third-order valence-corrected chi connectivity index (χ3v) is 11.1. The maximum atomic E-state index is 13.5. The Balaban J connectivity index is 1.27. The van der Waals surface area contributed by atoms with Gasteiger partial charge in [-0.15, -0.1) is 11.8 Å². The van der Waals surface area contributed by atoms with Crippen LogP contribution < -0.4 is 9.61 Å². The molecule has 0 radical (unpaired) electrons. The fourth-order valence-corrected chi connectivity index (χ4v) is 10.2. The molecule has 3 heterocycles. The summed E-state index contributed by atoms with van der Waals surface area (Å²) in [6.07, 6.45) is 0.543. The van der Waals surface area contributed by atoms with Crippen molar-refractivity contribution in [2.45, 2.75) is 29.0 Å². The quantitative estimate of drug-likeness (QED) is 0.444. The number of aromatic amines is 1. The number of nitrogens with one attached hydrogen (secondary N) is 1. The van der Waals surface area contributed by atoms with Crippen molar-refractivity contribution in [2.24, 2.45) is 29.6 Å². The molecular weight excluding hydrogens is 524 g/mol. The van der Waals surface area contributed by atoms with Crippen molar-refractivity contribution in [1.82, 2.24) is 9.88 Å². The van der Waals surface area contributed by atoms with E-state index in [0.29, 0.717) is 5.75 Å². The number of carboxylic acids is 1. The van der Waals surface area contributed by atoms with Crippen LogP contribution in [0, 0.1) is 29.6 Å². The van der Waals surface area contributed by atoms with Gasteiger partial charge in [-0.2, -0.15) is 0 Å². The van der Waals surface area contributed by atoms with E-state index in [9.17, 15) is 19.2 Å². The standard InChI is InChI=1S/C28H24N2O6S2/c31-18(32)9-10-30-26(33)21-16-12-17(22(21)27(30)34)23-20(16)19(24-25(37-23)29-28(35)38-24)13-5-4-8-15(11-13)36-14-6-2-1-3-7-14/h1-8,11,16-17,19-23H,9-10,12H2,(H,29,35)(H,31,32)/t16-,17-,19-,20+,21+,22-,23-/m1/s1. The molecular formula is C28H24N2O6S2. The third kappa shape index (κ3) is 3.57. The zero-order valence-corrected chi connectivity index (χ0v) is 21.7. The first-order valence-electron chi connectivity index (χ1n) is 12.7. The summed E-state index contributed by atoms with van der Waals surface area (Å²) in [6, 6.07) is 17.5. The lowest BCUT2D eigenvalue weighted by molar-refractivity contribution is -0.142. The van der Waals surface area contributed by atoms with Crippen LogP contribution in [0.1, 0.15) is 29.2 Å². The van der Waals surface area contributed by atoms with Crippen molar-refractivity contribution >= 4 is 40.9 Å². The van der Waals surface area contributed by atoms with Crippen LogP contribution in [0.2, 0.25) is 0 Å². The first-order chi connectivity index (χ1) is 18.4. The molecule has 3 aromatic rings. The SMILES string of the molecule is O=C(O)CCN1C(=O)[C@@H]2[C@H]3C[C@@H]([C@@H]2C1=O)[C@H]1[C@@H](c2cccc(Oc4ccccc4)c2)c2sc(=O)[nH]c2S[C@H]31. The Morgan fingerprint density at radius 1 is 1.00 bits per heavy atom. The Labute approximate surface area is 226 Å². The number of H-pyrrole nitrogens is 1. The first kappa shape index (κ1) is 23.7. The molecule has 0 unspecified atom stereocenters. The monoisotopic (exact) mass is 548 g/mol. The molecule has 2 saturated carbocycles. The van der Waals surface area contributed by atoms with Crippen molar-refractivity contribution < 1.29 is 24.2 Å². The van der Waals surface area contributed by atoms with Crippen molar-refractivity contribution in [1.29, 1.82) is 0 Å². The summed E-state index contributed by atoms with van der Waals surface area (Å²) in [5.74, 6) is -0.925. The van der Waals surface area contributed by atoms with Gasteiger partial charge in [0.05, 0.1) is 23.3 Å². The average Bonchev–Trinajstić information content (AvgIpc) is 3.62. The number of likely N-dealkylation sites (tertiary alicyclic amines) is 1. The number of thioether (sulfide) groups is 1. The Morgan fingerprint density at radius 2 is 1.74 bits per heavy atom. The number of carboxylic acid groups (broad SMARTS) is 1. The van der Waals surface area contributed by atoms with E-state index in [1.165, 1.54) is 16.2 Å². The van der Waals surface area contributed by atoms with Crippen molar-refractivity contribution in [2.75, 3.05) is 6.54 Å². The fourth-order valence-electron chi connectivity index (χ4n) is 7.28. The van der Waals surface area contributed by atoms with Gasteiger partial charge < -0.3 is 14.8 Å². The van der Waals surface area contributed by atoms with E-state index in [0.717, 1.165) is 27.6 Å². The lowest BCUT2D eigenvalue weighted by Crippen LogP contribution is -2.42. The zero-order valence-electron chi connectivity index (χ0n) is 20.1. The molecule has 8 nitrogen and oxygen atoms in total. The highest BCUT2D eigenvalue weighted by atomic mass is 32.2. The number of nitrogens with zero attached hydrogens (tertiary/aromatic N) is 1. The summed E-state index contributed by atoms with van der Waals surface area (Å²) in [6.45, 7) is -0.0785. The number of imide groups is 1. The third-order valence-electron chi connectivity index (χ3n) is 8.56. The van der Waals surface area contributed by atoms with Gasteiger partial charge >= 0.3 is 10.8 Å². The minimum absolute atomic E-state index is 0.00841. The molecule has 2 N–H and O–H groups in total. The Bertz CT molecular complexity index is 1520. The zero-order chi connectivity index (χ0) is 26.1. The minimum Gasteiger partial charge on any atom is -0.481 e. The Morgan fingerprint density at radius 3 is 2.50 bits per heavy atom. The van der Waals surface area contributed by atoms with Gasteiger partial charge in [-0.05, 0) is 54.0 Å². The summed E-state index contributed by atoms with van der Waals surface area (Å²) in [5.41, 5.74) is 1.02. The van der Waals surface area contributed by atoms with Gasteiger partial charge in [-0.3, -0.25) is 24.1 Å². The lowest BCUT2D eigenvalue weighted by Gasteiger charge is -2.43. The van der Waals surface area contributed by atoms with E-state index in [1.54, 1.807) is 11.8 Å². The number of aromatic nitrogens is 1. The molecule has 1 aromatic heterocycles. The molecule has 2 amide bonds. The number of ether oxygens (including phenoxy) is 1. The minimum atomic E-state index is -1.03. The molecule has 194 valence electrons. The van der Waals surface area contributed by atoms with Crippen LogP contribution in [0.4, 0.5) is 0 Å². The topological polar surface area (TPSA) is 117 Å². The van der Waals surface area contributed by atoms with Crippen molar-refractivity contribution in [3.05, 3.63) is 74.7 Å². The smallest absolute Gasteiger partial charge is 0.305 e. The second-order valence-corrected chi connectivity index (χ2v) is 12.6. The molecule has 7 atom stereocenters. The summed E-state index contributed by atoms with van der Waals surface area (Å²) in [7, 11) is 0. The number of hydrogen-bond acceptors (Lipinski definition) is 7. The second-order valence-electron chi connectivity index (χ2n) is 10.4. The first-order valence-corrected chi connectivity index (χ1v) is 14.4. The highest BCUT2D eigenvalue weighted by Gasteiger charge is 2.69. The molecule has 2 aliphatic carbocycles. The largest absolute Gasteiger partial charge is 0.481 e. The Hall–Kier alpha value is -3.37. The predicted octanol–water partition coefficient (Wildman–Crippen LogP) is 4.18. The molecule has 2 bridgehead atoms. The summed E-state index contributed by atoms with van der Waals surface area (Å²) in [4.78, 5) is 55.5.